The number of hydrogen-bond acceptors (Lipinski definition) is 3. The average Bonchev–Trinajstić information content (AvgIpc) is 2.76. The van der Waals surface area contributed by atoms with Gasteiger partial charge in [0.15, 0.2) is 0 Å². The third-order valence-electron chi connectivity index (χ3n) is 6.17. The van der Waals surface area contributed by atoms with Crippen molar-refractivity contribution >= 4 is 0 Å². The second-order valence-corrected chi connectivity index (χ2v) is 8.33. The number of nitrogens with zero attached hydrogens (tertiary/aromatic N) is 2. The highest BCUT2D eigenvalue weighted by Crippen LogP contribution is 2.31. The summed E-state index contributed by atoms with van der Waals surface area (Å²) in [4.78, 5) is 9.20. The normalized spacial score (nSPS) is 19.5. The largest absolute Gasteiger partial charge is 0.493 e. The molecule has 0 aliphatic heterocycles. The van der Waals surface area contributed by atoms with Gasteiger partial charge in [-0.3, -0.25) is 9.97 Å². The van der Waals surface area contributed by atoms with Gasteiger partial charge in [0.1, 0.15) is 5.75 Å². The summed E-state index contributed by atoms with van der Waals surface area (Å²) in [7, 11) is 0. The highest BCUT2D eigenvalue weighted by atomic mass is 16.5. The predicted octanol–water partition coefficient (Wildman–Crippen LogP) is 6.86. The fourth-order valence-corrected chi connectivity index (χ4v) is 4.11. The summed E-state index contributed by atoms with van der Waals surface area (Å²) in [5, 5.41) is 0. The van der Waals surface area contributed by atoms with Gasteiger partial charge in [-0.05, 0) is 61.8 Å². The van der Waals surface area contributed by atoms with Crippen molar-refractivity contribution in [2.24, 2.45) is 11.8 Å². The van der Waals surface area contributed by atoms with Gasteiger partial charge in [-0.1, -0.05) is 52.4 Å². The SMILES string of the molecule is CCCCCCc1cnc(-c2ccc(OCC3CCC(CC)CC3)cc2)cn1. The number of unbranched alkanes of at least 4 members (excludes halogenated alkanes) is 3. The van der Waals surface area contributed by atoms with Crippen molar-refractivity contribution in [1.29, 1.82) is 0 Å². The summed E-state index contributed by atoms with van der Waals surface area (Å²) in [6.07, 6.45) is 16.6. The number of hydrogen-bond donors (Lipinski definition) is 0. The van der Waals surface area contributed by atoms with Crippen LogP contribution in [0.15, 0.2) is 36.7 Å². The maximum absolute atomic E-state index is 6.05. The minimum Gasteiger partial charge on any atom is -0.493 e. The van der Waals surface area contributed by atoms with E-state index in [1.54, 1.807) is 0 Å². The Hall–Kier alpha value is -1.90. The first-order chi connectivity index (χ1) is 13.8. The van der Waals surface area contributed by atoms with Crippen LogP contribution >= 0.6 is 0 Å². The van der Waals surface area contributed by atoms with E-state index in [0.29, 0.717) is 0 Å². The lowest BCUT2D eigenvalue weighted by Gasteiger charge is -2.27. The molecule has 3 heteroatoms. The molecule has 1 fully saturated rings. The first kappa shape index (κ1) is 20.8. The zero-order chi connectivity index (χ0) is 19.6. The van der Waals surface area contributed by atoms with E-state index >= 15 is 0 Å². The van der Waals surface area contributed by atoms with E-state index in [2.05, 4.69) is 48.1 Å². The maximum atomic E-state index is 6.05. The lowest BCUT2D eigenvalue weighted by atomic mass is 9.81. The highest BCUT2D eigenvalue weighted by Gasteiger charge is 2.20. The molecular weight excluding hydrogens is 344 g/mol. The molecule has 1 aliphatic rings. The van der Waals surface area contributed by atoms with Gasteiger partial charge in [0, 0.05) is 11.8 Å². The smallest absolute Gasteiger partial charge is 0.119 e. The third kappa shape index (κ3) is 6.32. The van der Waals surface area contributed by atoms with Crippen molar-refractivity contribution < 1.29 is 4.74 Å². The van der Waals surface area contributed by atoms with E-state index in [9.17, 15) is 0 Å². The number of benzene rings is 1. The topological polar surface area (TPSA) is 35.0 Å². The molecule has 0 saturated heterocycles. The quantitative estimate of drug-likeness (QED) is 0.422. The lowest BCUT2D eigenvalue weighted by Crippen LogP contribution is -2.19. The maximum Gasteiger partial charge on any atom is 0.119 e. The van der Waals surface area contributed by atoms with E-state index < -0.39 is 0 Å². The first-order valence-electron chi connectivity index (χ1n) is 11.3. The van der Waals surface area contributed by atoms with Gasteiger partial charge in [-0.2, -0.15) is 0 Å². The Balaban J connectivity index is 1.46. The van der Waals surface area contributed by atoms with Gasteiger partial charge in [0.25, 0.3) is 0 Å². The number of aromatic nitrogens is 2. The van der Waals surface area contributed by atoms with E-state index in [1.165, 1.54) is 57.8 Å². The van der Waals surface area contributed by atoms with Gasteiger partial charge < -0.3 is 4.74 Å². The zero-order valence-electron chi connectivity index (χ0n) is 17.7. The van der Waals surface area contributed by atoms with Crippen molar-refractivity contribution in [2.45, 2.75) is 78.1 Å². The van der Waals surface area contributed by atoms with Crippen LogP contribution in [-0.4, -0.2) is 16.6 Å². The minimum atomic E-state index is 0.721. The van der Waals surface area contributed by atoms with E-state index in [1.807, 2.05) is 12.4 Å². The molecule has 0 bridgehead atoms. The molecule has 0 spiro atoms. The molecule has 0 atom stereocenters. The molecule has 0 N–H and O–H groups in total. The van der Waals surface area contributed by atoms with Gasteiger partial charge in [-0.25, -0.2) is 0 Å². The van der Waals surface area contributed by atoms with Gasteiger partial charge >= 0.3 is 0 Å². The van der Waals surface area contributed by atoms with Crippen molar-refractivity contribution in [2.75, 3.05) is 6.61 Å². The Morgan fingerprint density at radius 3 is 2.25 bits per heavy atom. The molecule has 1 heterocycles. The number of ether oxygens (including phenoxy) is 1. The van der Waals surface area contributed by atoms with Crippen molar-refractivity contribution in [1.82, 2.24) is 9.97 Å². The van der Waals surface area contributed by atoms with Crippen LogP contribution in [0.3, 0.4) is 0 Å². The molecule has 152 valence electrons. The Labute approximate surface area is 171 Å². The highest BCUT2D eigenvalue weighted by molar-refractivity contribution is 5.58. The molecule has 0 amide bonds. The molecule has 0 unspecified atom stereocenters. The van der Waals surface area contributed by atoms with Crippen molar-refractivity contribution in [3.8, 4) is 17.0 Å². The van der Waals surface area contributed by atoms with Crippen LogP contribution in [0.1, 0.15) is 77.3 Å². The van der Waals surface area contributed by atoms with Crippen LogP contribution in [-0.2, 0) is 6.42 Å². The average molecular weight is 381 g/mol. The third-order valence-corrected chi connectivity index (χ3v) is 6.17. The van der Waals surface area contributed by atoms with Crippen LogP contribution in [0.2, 0.25) is 0 Å². The Bertz CT molecular complexity index is 673. The summed E-state index contributed by atoms with van der Waals surface area (Å²) in [5.41, 5.74) is 3.13. The summed E-state index contributed by atoms with van der Waals surface area (Å²) in [5.74, 6) is 2.62. The minimum absolute atomic E-state index is 0.721. The number of rotatable bonds is 10. The molecule has 1 saturated carbocycles. The molecule has 3 rings (SSSR count). The molecule has 1 aromatic heterocycles. The van der Waals surface area contributed by atoms with Gasteiger partial charge in [0.2, 0.25) is 0 Å². The molecule has 1 aliphatic carbocycles. The van der Waals surface area contributed by atoms with Gasteiger partial charge in [-0.15, -0.1) is 0 Å². The lowest BCUT2D eigenvalue weighted by molar-refractivity contribution is 0.181. The standard InChI is InChI=1S/C25H36N2O/c1-3-5-6-7-8-23-17-27-25(18-26-23)22-13-15-24(16-14-22)28-19-21-11-9-20(4-2)10-12-21/h13-18,20-21H,3-12,19H2,1-2H3. The Morgan fingerprint density at radius 1 is 0.857 bits per heavy atom. The first-order valence-corrected chi connectivity index (χ1v) is 11.3. The van der Waals surface area contributed by atoms with Crippen LogP contribution in [0, 0.1) is 11.8 Å². The Morgan fingerprint density at radius 2 is 1.61 bits per heavy atom. The Kier molecular flexibility index (Phi) is 8.32. The second kappa shape index (κ2) is 11.2. The molecule has 3 nitrogen and oxygen atoms in total. The number of aryl methyl sites for hydroxylation is 1. The van der Waals surface area contributed by atoms with E-state index in [4.69, 9.17) is 4.74 Å². The zero-order valence-corrected chi connectivity index (χ0v) is 17.7. The fraction of sp³-hybridized carbons (Fsp3) is 0.600. The summed E-state index contributed by atoms with van der Waals surface area (Å²) in [6.45, 7) is 5.40. The van der Waals surface area contributed by atoms with Crippen LogP contribution in [0.5, 0.6) is 5.75 Å². The van der Waals surface area contributed by atoms with Crippen LogP contribution < -0.4 is 4.74 Å². The van der Waals surface area contributed by atoms with E-state index in [0.717, 1.165) is 47.6 Å². The predicted molar refractivity (Wildman–Crippen MR) is 117 cm³/mol. The fourth-order valence-electron chi connectivity index (χ4n) is 4.11. The van der Waals surface area contributed by atoms with Crippen molar-refractivity contribution in [3.05, 3.63) is 42.4 Å². The van der Waals surface area contributed by atoms with Crippen molar-refractivity contribution in [3.63, 3.8) is 0 Å². The summed E-state index contributed by atoms with van der Waals surface area (Å²) >= 11 is 0. The molecular formula is C25H36N2O. The van der Waals surface area contributed by atoms with E-state index in [-0.39, 0.29) is 0 Å². The molecule has 1 aromatic carbocycles. The van der Waals surface area contributed by atoms with Gasteiger partial charge in [0.05, 0.1) is 24.2 Å². The summed E-state index contributed by atoms with van der Waals surface area (Å²) < 4.78 is 6.05. The second-order valence-electron chi connectivity index (χ2n) is 8.33. The molecule has 2 aromatic rings. The summed E-state index contributed by atoms with van der Waals surface area (Å²) in [6, 6.07) is 8.31. The molecule has 0 radical (unpaired) electrons. The van der Waals surface area contributed by atoms with Crippen LogP contribution in [0.4, 0.5) is 0 Å². The monoisotopic (exact) mass is 380 g/mol. The van der Waals surface area contributed by atoms with Crippen LogP contribution in [0.25, 0.3) is 11.3 Å². The molecule has 28 heavy (non-hydrogen) atoms.